The molecule has 1 aromatic rings. The molecule has 0 heterocycles. The Hall–Kier alpha value is -2.24. The molecule has 0 aliphatic rings. The Morgan fingerprint density at radius 3 is 2.36 bits per heavy atom. The molecule has 0 aliphatic carbocycles. The number of phenolic OH excluding ortho intramolecular Hbond substituents is 1. The van der Waals surface area contributed by atoms with Gasteiger partial charge in [0.05, 0.1) is 0 Å². The zero-order valence-corrected chi connectivity index (χ0v) is 13.5. The van der Waals surface area contributed by atoms with E-state index in [-0.39, 0.29) is 11.7 Å². The third-order valence-electron chi connectivity index (χ3n) is 2.79. The average molecular weight is 306 g/mol. The van der Waals surface area contributed by atoms with E-state index in [1.807, 2.05) is 6.92 Å². The molecule has 22 heavy (non-hydrogen) atoms. The van der Waals surface area contributed by atoms with E-state index in [1.165, 1.54) is 12.1 Å². The van der Waals surface area contributed by atoms with Crippen LogP contribution in [-0.4, -0.2) is 43.2 Å². The van der Waals surface area contributed by atoms with Crippen LogP contribution >= 0.6 is 0 Å². The second kappa shape index (κ2) is 9.65. The first-order valence-corrected chi connectivity index (χ1v) is 7.62. The van der Waals surface area contributed by atoms with Gasteiger partial charge in [0, 0.05) is 31.7 Å². The van der Waals surface area contributed by atoms with Crippen molar-refractivity contribution in [2.75, 3.05) is 26.2 Å². The molecule has 122 valence electrons. The predicted octanol–water partition coefficient (Wildman–Crippen LogP) is 1.33. The van der Waals surface area contributed by atoms with Gasteiger partial charge in [-0.15, -0.1) is 0 Å². The number of hydrogen-bond donors (Lipinski definition) is 4. The van der Waals surface area contributed by atoms with Gasteiger partial charge in [-0.2, -0.15) is 0 Å². The number of nitrogens with one attached hydrogen (secondary N) is 3. The summed E-state index contributed by atoms with van der Waals surface area (Å²) >= 11 is 0. The number of amides is 1. The summed E-state index contributed by atoms with van der Waals surface area (Å²) in [5.41, 5.74) is 0.526. The van der Waals surface area contributed by atoms with E-state index >= 15 is 0 Å². The fraction of sp³-hybridized carbons (Fsp3) is 0.500. The van der Waals surface area contributed by atoms with Crippen LogP contribution in [0.25, 0.3) is 0 Å². The first-order valence-electron chi connectivity index (χ1n) is 7.62. The van der Waals surface area contributed by atoms with Crippen molar-refractivity contribution in [1.82, 2.24) is 16.0 Å². The normalized spacial score (nSPS) is 11.4. The molecule has 0 saturated heterocycles. The molecule has 1 amide bonds. The van der Waals surface area contributed by atoms with Crippen LogP contribution in [0.15, 0.2) is 29.3 Å². The summed E-state index contributed by atoms with van der Waals surface area (Å²) in [5, 5.41) is 18.3. The molecule has 6 nitrogen and oxygen atoms in total. The minimum absolute atomic E-state index is 0.148. The van der Waals surface area contributed by atoms with E-state index in [4.69, 9.17) is 0 Å². The summed E-state index contributed by atoms with van der Waals surface area (Å²) in [7, 11) is 0. The molecular weight excluding hydrogens is 280 g/mol. The van der Waals surface area contributed by atoms with Crippen molar-refractivity contribution in [1.29, 1.82) is 0 Å². The predicted molar refractivity (Wildman–Crippen MR) is 89.3 cm³/mol. The van der Waals surface area contributed by atoms with Gasteiger partial charge in [0.2, 0.25) is 0 Å². The number of benzene rings is 1. The maximum Gasteiger partial charge on any atom is 0.251 e. The van der Waals surface area contributed by atoms with Crippen molar-refractivity contribution in [3.8, 4) is 5.75 Å². The Morgan fingerprint density at radius 2 is 1.77 bits per heavy atom. The summed E-state index contributed by atoms with van der Waals surface area (Å²) in [6.45, 7) is 8.88. The van der Waals surface area contributed by atoms with Crippen molar-refractivity contribution in [3.63, 3.8) is 0 Å². The maximum atomic E-state index is 11.9. The number of aliphatic imine (C=N–C) groups is 1. The number of carbonyl (C=O) groups is 1. The Morgan fingerprint density at radius 1 is 1.14 bits per heavy atom. The molecule has 0 fully saturated rings. The van der Waals surface area contributed by atoms with Crippen LogP contribution in [0.3, 0.4) is 0 Å². The van der Waals surface area contributed by atoms with Crippen LogP contribution in [0.2, 0.25) is 0 Å². The standard InChI is InChI=1S/C16H26N4O2/c1-4-17-16(20-11-12(2)3)19-10-9-18-15(22)13-5-7-14(21)8-6-13/h5-8,12,21H,4,9-11H2,1-3H3,(H,18,22)(H2,17,19,20). The van der Waals surface area contributed by atoms with Crippen molar-refractivity contribution < 1.29 is 9.90 Å². The molecule has 4 N–H and O–H groups in total. The highest BCUT2D eigenvalue weighted by atomic mass is 16.3. The van der Waals surface area contributed by atoms with Crippen molar-refractivity contribution in [2.24, 2.45) is 10.9 Å². The molecule has 0 saturated carbocycles. The first-order chi connectivity index (χ1) is 10.5. The quantitative estimate of drug-likeness (QED) is 0.348. The molecular formula is C16H26N4O2. The molecule has 1 aromatic carbocycles. The zero-order chi connectivity index (χ0) is 16.4. The number of carbonyl (C=O) groups excluding carboxylic acids is 1. The fourth-order valence-corrected chi connectivity index (χ4v) is 1.69. The molecule has 0 aromatic heterocycles. The number of phenols is 1. The lowest BCUT2D eigenvalue weighted by Gasteiger charge is -2.12. The lowest BCUT2D eigenvalue weighted by Crippen LogP contribution is -2.41. The van der Waals surface area contributed by atoms with Gasteiger partial charge in [-0.3, -0.25) is 9.79 Å². The van der Waals surface area contributed by atoms with Gasteiger partial charge in [-0.05, 0) is 37.1 Å². The van der Waals surface area contributed by atoms with E-state index in [0.717, 1.165) is 19.0 Å². The van der Waals surface area contributed by atoms with Gasteiger partial charge in [-0.1, -0.05) is 13.8 Å². The zero-order valence-electron chi connectivity index (χ0n) is 13.5. The maximum absolute atomic E-state index is 11.9. The number of nitrogens with zero attached hydrogens (tertiary/aromatic N) is 1. The lowest BCUT2D eigenvalue weighted by molar-refractivity contribution is 0.0954. The molecule has 6 heteroatoms. The van der Waals surface area contributed by atoms with E-state index in [1.54, 1.807) is 12.1 Å². The third-order valence-corrected chi connectivity index (χ3v) is 2.79. The highest BCUT2D eigenvalue weighted by Crippen LogP contribution is 2.09. The number of rotatable bonds is 7. The Bertz CT molecular complexity index is 483. The summed E-state index contributed by atoms with van der Waals surface area (Å²) in [4.78, 5) is 16.3. The molecule has 0 radical (unpaired) electrons. The largest absolute Gasteiger partial charge is 0.508 e. The van der Waals surface area contributed by atoms with Gasteiger partial charge in [0.1, 0.15) is 5.75 Å². The minimum atomic E-state index is -0.161. The van der Waals surface area contributed by atoms with Gasteiger partial charge in [-0.25, -0.2) is 0 Å². The van der Waals surface area contributed by atoms with Crippen LogP contribution < -0.4 is 16.0 Å². The fourth-order valence-electron chi connectivity index (χ4n) is 1.69. The van der Waals surface area contributed by atoms with Crippen molar-refractivity contribution >= 4 is 11.9 Å². The monoisotopic (exact) mass is 306 g/mol. The summed E-state index contributed by atoms with van der Waals surface area (Å²) < 4.78 is 0. The summed E-state index contributed by atoms with van der Waals surface area (Å²) in [6.07, 6.45) is 0. The SMILES string of the molecule is CCNC(=NCC(C)C)NCCNC(=O)c1ccc(O)cc1. The Balaban J connectivity index is 2.34. The number of guanidine groups is 1. The number of aromatic hydroxyl groups is 1. The molecule has 1 rings (SSSR count). The number of hydrogen-bond acceptors (Lipinski definition) is 3. The average Bonchev–Trinajstić information content (AvgIpc) is 2.49. The van der Waals surface area contributed by atoms with Crippen molar-refractivity contribution in [2.45, 2.75) is 20.8 Å². The van der Waals surface area contributed by atoms with E-state index in [0.29, 0.717) is 24.6 Å². The minimum Gasteiger partial charge on any atom is -0.508 e. The smallest absolute Gasteiger partial charge is 0.251 e. The third kappa shape index (κ3) is 6.97. The van der Waals surface area contributed by atoms with Crippen molar-refractivity contribution in [3.05, 3.63) is 29.8 Å². The van der Waals surface area contributed by atoms with Crippen LogP contribution in [-0.2, 0) is 0 Å². The van der Waals surface area contributed by atoms with E-state index in [9.17, 15) is 9.90 Å². The Labute approximate surface area is 132 Å². The molecule has 0 bridgehead atoms. The van der Waals surface area contributed by atoms with Gasteiger partial charge < -0.3 is 21.1 Å². The highest BCUT2D eigenvalue weighted by Gasteiger charge is 2.04. The molecule has 0 unspecified atom stereocenters. The Kier molecular flexibility index (Phi) is 7.81. The summed E-state index contributed by atoms with van der Waals surface area (Å²) in [6, 6.07) is 6.17. The van der Waals surface area contributed by atoms with Crippen LogP contribution in [0.5, 0.6) is 5.75 Å². The van der Waals surface area contributed by atoms with E-state index in [2.05, 4.69) is 34.8 Å². The molecule has 0 aliphatic heterocycles. The first kappa shape index (κ1) is 17.8. The van der Waals surface area contributed by atoms with Gasteiger partial charge >= 0.3 is 0 Å². The highest BCUT2D eigenvalue weighted by molar-refractivity contribution is 5.94. The molecule has 0 atom stereocenters. The molecule has 0 spiro atoms. The van der Waals surface area contributed by atoms with Crippen LogP contribution in [0.1, 0.15) is 31.1 Å². The van der Waals surface area contributed by atoms with E-state index < -0.39 is 0 Å². The lowest BCUT2D eigenvalue weighted by atomic mass is 10.2. The van der Waals surface area contributed by atoms with Gasteiger partial charge in [0.15, 0.2) is 5.96 Å². The second-order valence-corrected chi connectivity index (χ2v) is 5.34. The van der Waals surface area contributed by atoms with Gasteiger partial charge in [0.25, 0.3) is 5.91 Å². The summed E-state index contributed by atoms with van der Waals surface area (Å²) in [5.74, 6) is 1.25. The topological polar surface area (TPSA) is 85.8 Å². The van der Waals surface area contributed by atoms with Crippen LogP contribution in [0, 0.1) is 5.92 Å². The second-order valence-electron chi connectivity index (χ2n) is 5.34. The van der Waals surface area contributed by atoms with Crippen LogP contribution in [0.4, 0.5) is 0 Å².